The van der Waals surface area contributed by atoms with E-state index in [0.29, 0.717) is 69.1 Å². The van der Waals surface area contributed by atoms with E-state index in [2.05, 4.69) is 55.8 Å². The van der Waals surface area contributed by atoms with Crippen LogP contribution in [0, 0.1) is 33.5 Å². The van der Waals surface area contributed by atoms with Gasteiger partial charge in [0, 0.05) is 77.8 Å². The summed E-state index contributed by atoms with van der Waals surface area (Å²) in [6.07, 6.45) is 6.47. The van der Waals surface area contributed by atoms with Crippen LogP contribution in [0.15, 0.2) is 220 Å². The molecule has 1 aliphatic carbocycles. The number of rotatable bonds is 12. The van der Waals surface area contributed by atoms with E-state index in [0.717, 1.165) is 75.4 Å². The molecule has 8 heterocycles. The van der Waals surface area contributed by atoms with E-state index in [4.69, 9.17) is 0 Å². The predicted molar refractivity (Wildman–Crippen MR) is 412 cm³/mol. The molecule has 4 aliphatic rings. The summed E-state index contributed by atoms with van der Waals surface area (Å²) in [6.45, 7) is 14.4. The Labute approximate surface area is 643 Å². The van der Waals surface area contributed by atoms with Gasteiger partial charge in [0.1, 0.15) is 11.6 Å². The summed E-state index contributed by atoms with van der Waals surface area (Å²) in [5.41, 5.74) is 5.28. The number of anilines is 9. The Balaban J connectivity index is 0.000000141. The Morgan fingerprint density at radius 1 is 0.425 bits per heavy atom. The number of carbonyl (C=O) groups excluding carboxylic acids is 6. The summed E-state index contributed by atoms with van der Waals surface area (Å²) in [5.74, 6) is -2.29. The maximum Gasteiger partial charge on any atom is 0.417 e. The molecule has 113 heavy (non-hydrogen) atoms. The standard InChI is InChI=1S/C30H23F3N4O2.C28H21F4N5O2.C28H25N5O2/c1-18-7-10-20(11-8-18)36-26(38)22-17-19(9-12-23(22)30(31,32)33)21-5-2-6-24-25(21)29(13-3-14-29)27(39)37(24)28-34-15-4-16-35-28;1-15-5-7-17(14-21(15)29)36-24(38)19-13-16(6-8-20(19)28(30,31)32)18-9-12-33-23-22(18)27(2,3)25(39)37(23)26-34-10-4-11-35-26;1-17-8-10-20(11-9-17)32-26(34)22-14-19(15-31-18(22)2)21-6-5-7-23-25(21)28(3,4)27(35)33(23)24-16-29-12-13-30-24/h2,4-12,15-17H,3,13-14H2,1H3,(H,36,38);4-14H,1-3H3,(H,36,38);5-16H,1-4H3,(H,32,34). The van der Waals surface area contributed by atoms with Crippen molar-refractivity contribution in [2.24, 2.45) is 0 Å². The van der Waals surface area contributed by atoms with E-state index in [1.54, 1.807) is 117 Å². The lowest BCUT2D eigenvalue weighted by Crippen LogP contribution is -2.44. The van der Waals surface area contributed by atoms with Crippen LogP contribution >= 0.6 is 0 Å². The van der Waals surface area contributed by atoms with Gasteiger partial charge in [0.2, 0.25) is 29.6 Å². The van der Waals surface area contributed by atoms with Crippen molar-refractivity contribution in [2.45, 2.75) is 103 Å². The highest BCUT2D eigenvalue weighted by Crippen LogP contribution is 2.58. The quantitative estimate of drug-likeness (QED) is 0.0963. The van der Waals surface area contributed by atoms with Gasteiger partial charge in [-0.1, -0.05) is 84.3 Å². The minimum Gasteiger partial charge on any atom is -0.322 e. The first-order chi connectivity index (χ1) is 53.8. The maximum atomic E-state index is 14.0. The zero-order valence-electron chi connectivity index (χ0n) is 61.9. The van der Waals surface area contributed by atoms with Crippen molar-refractivity contribution in [3.05, 3.63) is 292 Å². The molecule has 7 aromatic carbocycles. The molecule has 1 fully saturated rings. The van der Waals surface area contributed by atoms with Crippen LogP contribution in [0.25, 0.3) is 33.4 Å². The average Bonchev–Trinajstić information content (AvgIpc) is 1.56. The summed E-state index contributed by atoms with van der Waals surface area (Å²) in [4.78, 5) is 119. The van der Waals surface area contributed by atoms with Crippen molar-refractivity contribution in [3.8, 4) is 33.4 Å². The Morgan fingerprint density at radius 2 is 0.903 bits per heavy atom. The zero-order valence-corrected chi connectivity index (χ0v) is 61.9. The summed E-state index contributed by atoms with van der Waals surface area (Å²) < 4.78 is 97.7. The molecule has 12 aromatic rings. The van der Waals surface area contributed by atoms with Gasteiger partial charge in [-0.15, -0.1) is 0 Å². The monoisotopic (exact) mass is 1530 g/mol. The molecule has 0 bridgehead atoms. The number of nitrogens with one attached hydrogen (secondary N) is 3. The molecule has 1 saturated carbocycles. The fourth-order valence-corrected chi connectivity index (χ4v) is 14.5. The smallest absolute Gasteiger partial charge is 0.322 e. The summed E-state index contributed by atoms with van der Waals surface area (Å²) in [5, 5.41) is 7.89. The molecule has 0 unspecified atom stereocenters. The first-order valence-corrected chi connectivity index (χ1v) is 35.7. The third-order valence-corrected chi connectivity index (χ3v) is 20.5. The molecule has 0 atom stereocenters. The molecule has 27 heteroatoms. The minimum atomic E-state index is -4.83. The number of aryl methyl sites for hydroxylation is 4. The molecule has 3 N–H and O–H groups in total. The van der Waals surface area contributed by atoms with E-state index >= 15 is 0 Å². The van der Waals surface area contributed by atoms with Crippen LogP contribution in [0.4, 0.5) is 82.7 Å². The Hall–Kier alpha value is -13.6. The average molecular weight is 1530 g/mol. The van der Waals surface area contributed by atoms with Crippen LogP contribution in [-0.4, -0.2) is 75.3 Å². The number of pyridine rings is 2. The topological polar surface area (TPSA) is 251 Å². The Kier molecular flexibility index (Phi) is 20.0. The predicted octanol–water partition coefficient (Wildman–Crippen LogP) is 18.4. The number of benzene rings is 7. The lowest BCUT2D eigenvalue weighted by atomic mass is 9.63. The number of aromatic nitrogens is 8. The fourth-order valence-electron chi connectivity index (χ4n) is 14.5. The number of fused-ring (bicyclic) bond motifs is 4. The molecule has 5 aromatic heterocycles. The molecule has 3 aliphatic heterocycles. The van der Waals surface area contributed by atoms with Gasteiger partial charge in [-0.05, 0) is 210 Å². The van der Waals surface area contributed by atoms with Gasteiger partial charge in [-0.2, -0.15) is 26.3 Å². The second-order valence-electron chi connectivity index (χ2n) is 28.7. The maximum absolute atomic E-state index is 14.0. The molecule has 20 nitrogen and oxygen atoms in total. The van der Waals surface area contributed by atoms with Crippen molar-refractivity contribution in [2.75, 3.05) is 30.7 Å². The summed E-state index contributed by atoms with van der Waals surface area (Å²) in [6, 6.07) is 42.8. The highest BCUT2D eigenvalue weighted by molar-refractivity contribution is 6.17. The second-order valence-corrected chi connectivity index (χ2v) is 28.7. The van der Waals surface area contributed by atoms with Crippen LogP contribution < -0.4 is 30.7 Å². The van der Waals surface area contributed by atoms with Gasteiger partial charge < -0.3 is 16.0 Å². The van der Waals surface area contributed by atoms with Crippen molar-refractivity contribution in [1.29, 1.82) is 0 Å². The number of alkyl halides is 6. The number of hydrogen-bond donors (Lipinski definition) is 3. The first-order valence-electron chi connectivity index (χ1n) is 35.7. The second kappa shape index (κ2) is 29.7. The molecular weight excluding hydrogens is 1460 g/mol. The van der Waals surface area contributed by atoms with Gasteiger partial charge in [0.25, 0.3) is 17.7 Å². The SMILES string of the molecule is Cc1ccc(NC(=O)c2cc(-c3cccc4c3C(C)(C)C(=O)N4c3cnccn3)cnc2C)cc1.Cc1ccc(NC(=O)c2cc(-c3cccc4c3C3(CCC3)C(=O)N4c3ncccn3)ccc2C(F)(F)F)cc1.Cc1ccc(NC(=O)c2cc(-c3ccnc4c3C(C)(C)C(=O)N4c3ncccn3)ccc2C(F)(F)F)cc1F. The fraction of sp³-hybridized carbons (Fsp3) is 0.186. The molecule has 0 radical (unpaired) electrons. The van der Waals surface area contributed by atoms with Crippen LogP contribution in [0.1, 0.15) is 128 Å². The Morgan fingerprint density at radius 3 is 1.42 bits per heavy atom. The lowest BCUT2D eigenvalue weighted by Gasteiger charge is -2.37. The van der Waals surface area contributed by atoms with E-state index < -0.39 is 68.5 Å². The lowest BCUT2D eigenvalue weighted by molar-refractivity contribution is -0.138. The molecular formula is C86H69F7N14O6. The third kappa shape index (κ3) is 14.4. The number of hydrogen-bond acceptors (Lipinski definition) is 14. The van der Waals surface area contributed by atoms with Crippen LogP contribution in [0.2, 0.25) is 0 Å². The van der Waals surface area contributed by atoms with Gasteiger partial charge in [0.05, 0.1) is 67.3 Å². The number of amides is 6. The molecule has 568 valence electrons. The summed E-state index contributed by atoms with van der Waals surface area (Å²) in [7, 11) is 0. The van der Waals surface area contributed by atoms with Crippen molar-refractivity contribution in [1.82, 2.24) is 39.9 Å². The highest BCUT2D eigenvalue weighted by Gasteiger charge is 2.57. The van der Waals surface area contributed by atoms with Crippen molar-refractivity contribution in [3.63, 3.8) is 0 Å². The van der Waals surface area contributed by atoms with Gasteiger partial charge in [-0.25, -0.2) is 44.1 Å². The van der Waals surface area contributed by atoms with Crippen LogP contribution in [-0.2, 0) is 43.0 Å². The minimum absolute atomic E-state index is 0.0108. The van der Waals surface area contributed by atoms with Crippen LogP contribution in [0.5, 0.6) is 0 Å². The van der Waals surface area contributed by atoms with Crippen molar-refractivity contribution < 1.29 is 59.5 Å². The first kappa shape index (κ1) is 76.2. The van der Waals surface area contributed by atoms with E-state index in [9.17, 15) is 59.5 Å². The van der Waals surface area contributed by atoms with Crippen molar-refractivity contribution >= 4 is 87.4 Å². The van der Waals surface area contributed by atoms with E-state index in [-0.39, 0.29) is 52.6 Å². The largest absolute Gasteiger partial charge is 0.417 e. The molecule has 1 spiro atoms. The third-order valence-electron chi connectivity index (χ3n) is 20.5. The zero-order chi connectivity index (χ0) is 80.2. The number of carbonyl (C=O) groups is 6. The molecule has 16 rings (SSSR count). The van der Waals surface area contributed by atoms with Gasteiger partial charge in [0.15, 0.2) is 5.82 Å². The van der Waals surface area contributed by atoms with Gasteiger partial charge >= 0.3 is 12.4 Å². The highest BCUT2D eigenvalue weighted by atomic mass is 19.4. The van der Waals surface area contributed by atoms with E-state index in [1.165, 1.54) is 65.6 Å². The Bertz CT molecular complexity index is 5790. The molecule has 6 amide bonds. The number of nitrogens with zero attached hydrogens (tertiary/aromatic N) is 11. The summed E-state index contributed by atoms with van der Waals surface area (Å²) >= 11 is 0. The molecule has 0 saturated heterocycles. The normalized spacial score (nSPS) is 14.7. The number of halogens is 7. The van der Waals surface area contributed by atoms with Gasteiger partial charge in [-0.3, -0.25) is 43.6 Å². The van der Waals surface area contributed by atoms with Crippen LogP contribution in [0.3, 0.4) is 0 Å². The van der Waals surface area contributed by atoms with E-state index in [1.807, 2.05) is 83.1 Å².